The fraction of sp³-hybridized carbons (Fsp3) is 0.130. The SMILES string of the molecule is COc1ccccc1C(=O)N/N=C\c1cc(Br)c(OCc2ccc([N+](=O)[O-])cc2)c(OC)c1. The van der Waals surface area contributed by atoms with Gasteiger partial charge in [0.05, 0.1) is 35.4 Å². The minimum absolute atomic E-state index is 0.0129. The van der Waals surface area contributed by atoms with Gasteiger partial charge in [-0.1, -0.05) is 12.1 Å². The highest BCUT2D eigenvalue weighted by Crippen LogP contribution is 2.37. The highest BCUT2D eigenvalue weighted by Gasteiger charge is 2.13. The number of nitrogens with one attached hydrogen (secondary N) is 1. The molecule has 0 unspecified atom stereocenters. The number of rotatable bonds is 9. The van der Waals surface area contributed by atoms with Gasteiger partial charge in [0, 0.05) is 12.1 Å². The number of ether oxygens (including phenoxy) is 3. The molecule has 10 heteroatoms. The normalized spacial score (nSPS) is 10.6. The van der Waals surface area contributed by atoms with Crippen molar-refractivity contribution in [1.82, 2.24) is 5.43 Å². The first kappa shape index (κ1) is 23.7. The molecule has 0 saturated carbocycles. The van der Waals surface area contributed by atoms with Crippen LogP contribution in [0.4, 0.5) is 5.69 Å². The van der Waals surface area contributed by atoms with Crippen LogP contribution in [0.1, 0.15) is 21.5 Å². The molecule has 9 nitrogen and oxygen atoms in total. The number of nitro benzene ring substituents is 1. The predicted octanol–water partition coefficient (Wildman–Crippen LogP) is 4.72. The number of hydrazone groups is 1. The number of amides is 1. The molecule has 1 N–H and O–H groups in total. The molecule has 0 fully saturated rings. The van der Waals surface area contributed by atoms with Gasteiger partial charge in [0.2, 0.25) is 0 Å². The smallest absolute Gasteiger partial charge is 0.275 e. The Labute approximate surface area is 198 Å². The average molecular weight is 514 g/mol. The molecule has 3 aromatic carbocycles. The van der Waals surface area contributed by atoms with E-state index in [2.05, 4.69) is 26.5 Å². The van der Waals surface area contributed by atoms with E-state index in [0.29, 0.717) is 32.8 Å². The zero-order valence-electron chi connectivity index (χ0n) is 17.8. The second-order valence-electron chi connectivity index (χ2n) is 6.65. The van der Waals surface area contributed by atoms with E-state index in [1.54, 1.807) is 48.5 Å². The third-order valence-corrected chi connectivity index (χ3v) is 5.10. The molecule has 0 aromatic heterocycles. The summed E-state index contributed by atoms with van der Waals surface area (Å²) in [5.41, 5.74) is 4.27. The number of carbonyl (C=O) groups excluding carboxylic acids is 1. The summed E-state index contributed by atoms with van der Waals surface area (Å²) in [6.45, 7) is 0.190. The number of carbonyl (C=O) groups is 1. The topological polar surface area (TPSA) is 112 Å². The Bertz CT molecular complexity index is 1180. The average Bonchev–Trinajstić information content (AvgIpc) is 2.83. The largest absolute Gasteiger partial charge is 0.496 e. The maximum atomic E-state index is 12.3. The molecular formula is C23H20BrN3O6. The van der Waals surface area contributed by atoms with Crippen molar-refractivity contribution < 1.29 is 23.9 Å². The molecule has 0 spiro atoms. The van der Waals surface area contributed by atoms with Gasteiger partial charge in [0.25, 0.3) is 11.6 Å². The van der Waals surface area contributed by atoms with Gasteiger partial charge in [-0.3, -0.25) is 14.9 Å². The number of methoxy groups -OCH3 is 2. The van der Waals surface area contributed by atoms with Crippen LogP contribution in [0.15, 0.2) is 70.2 Å². The summed E-state index contributed by atoms with van der Waals surface area (Å²) in [7, 11) is 3.00. The van der Waals surface area contributed by atoms with Crippen molar-refractivity contribution >= 4 is 33.7 Å². The molecule has 0 bridgehead atoms. The molecule has 0 saturated heterocycles. The van der Waals surface area contributed by atoms with Gasteiger partial charge in [0.1, 0.15) is 12.4 Å². The van der Waals surface area contributed by atoms with Crippen molar-refractivity contribution in [2.75, 3.05) is 14.2 Å². The fourth-order valence-electron chi connectivity index (χ4n) is 2.88. The van der Waals surface area contributed by atoms with Crippen LogP contribution in [0.3, 0.4) is 0 Å². The van der Waals surface area contributed by atoms with Crippen LogP contribution in [0.25, 0.3) is 0 Å². The van der Waals surface area contributed by atoms with E-state index in [0.717, 1.165) is 5.56 Å². The summed E-state index contributed by atoms with van der Waals surface area (Å²) in [5.74, 6) is 0.955. The van der Waals surface area contributed by atoms with Crippen molar-refractivity contribution in [2.24, 2.45) is 5.10 Å². The second kappa shape index (κ2) is 11.1. The lowest BCUT2D eigenvalue weighted by molar-refractivity contribution is -0.384. The van der Waals surface area contributed by atoms with E-state index in [4.69, 9.17) is 14.2 Å². The summed E-state index contributed by atoms with van der Waals surface area (Å²) in [4.78, 5) is 22.7. The maximum Gasteiger partial charge on any atom is 0.275 e. The highest BCUT2D eigenvalue weighted by molar-refractivity contribution is 9.10. The molecule has 0 radical (unpaired) electrons. The van der Waals surface area contributed by atoms with Crippen LogP contribution in [0, 0.1) is 10.1 Å². The van der Waals surface area contributed by atoms with Crippen molar-refractivity contribution in [3.63, 3.8) is 0 Å². The van der Waals surface area contributed by atoms with Crippen LogP contribution in [0.2, 0.25) is 0 Å². The standard InChI is InChI=1S/C23H20BrN3O6/c1-31-20-6-4-3-5-18(20)23(28)26-25-13-16-11-19(24)22(21(12-16)32-2)33-14-15-7-9-17(10-8-15)27(29)30/h3-13H,14H2,1-2H3,(H,26,28)/b25-13-. The molecule has 0 heterocycles. The quantitative estimate of drug-likeness (QED) is 0.251. The van der Waals surface area contributed by atoms with E-state index in [1.807, 2.05) is 0 Å². The van der Waals surface area contributed by atoms with Gasteiger partial charge >= 0.3 is 0 Å². The number of para-hydroxylation sites is 1. The summed E-state index contributed by atoms with van der Waals surface area (Å²) < 4.78 is 17.1. The van der Waals surface area contributed by atoms with Gasteiger partial charge in [0.15, 0.2) is 11.5 Å². The van der Waals surface area contributed by atoms with Crippen LogP contribution in [-0.4, -0.2) is 31.3 Å². The first-order valence-corrected chi connectivity index (χ1v) is 10.4. The zero-order valence-corrected chi connectivity index (χ0v) is 19.4. The van der Waals surface area contributed by atoms with Crippen molar-refractivity contribution in [3.05, 3.63) is 91.9 Å². The third-order valence-electron chi connectivity index (χ3n) is 4.51. The van der Waals surface area contributed by atoms with Crippen molar-refractivity contribution in [1.29, 1.82) is 0 Å². The van der Waals surface area contributed by atoms with Crippen LogP contribution >= 0.6 is 15.9 Å². The Morgan fingerprint density at radius 2 is 1.79 bits per heavy atom. The Morgan fingerprint density at radius 3 is 2.45 bits per heavy atom. The molecular weight excluding hydrogens is 494 g/mol. The summed E-state index contributed by atoms with van der Waals surface area (Å²) >= 11 is 3.46. The van der Waals surface area contributed by atoms with E-state index in [1.165, 1.54) is 32.6 Å². The van der Waals surface area contributed by atoms with Crippen molar-refractivity contribution in [2.45, 2.75) is 6.61 Å². The van der Waals surface area contributed by atoms with Crippen LogP contribution in [-0.2, 0) is 6.61 Å². The second-order valence-corrected chi connectivity index (χ2v) is 7.50. The summed E-state index contributed by atoms with van der Waals surface area (Å²) in [6, 6.07) is 16.4. The molecule has 0 aliphatic heterocycles. The molecule has 0 aliphatic rings. The molecule has 33 heavy (non-hydrogen) atoms. The monoisotopic (exact) mass is 513 g/mol. The highest BCUT2D eigenvalue weighted by atomic mass is 79.9. The number of nitrogens with zero attached hydrogens (tertiary/aromatic N) is 2. The van der Waals surface area contributed by atoms with Crippen LogP contribution < -0.4 is 19.6 Å². The number of benzene rings is 3. The minimum Gasteiger partial charge on any atom is -0.496 e. The van der Waals surface area contributed by atoms with Gasteiger partial charge < -0.3 is 14.2 Å². The van der Waals surface area contributed by atoms with Gasteiger partial charge in [-0.2, -0.15) is 5.10 Å². The number of hydrogen-bond donors (Lipinski definition) is 1. The Balaban J connectivity index is 1.69. The number of nitro groups is 1. The predicted molar refractivity (Wildman–Crippen MR) is 126 cm³/mol. The third kappa shape index (κ3) is 6.07. The molecule has 3 aromatic rings. The molecule has 3 rings (SSSR count). The van der Waals surface area contributed by atoms with Crippen molar-refractivity contribution in [3.8, 4) is 17.2 Å². The van der Waals surface area contributed by atoms with E-state index in [-0.39, 0.29) is 12.3 Å². The summed E-state index contributed by atoms with van der Waals surface area (Å²) in [5, 5.41) is 14.8. The maximum absolute atomic E-state index is 12.3. The number of hydrogen-bond acceptors (Lipinski definition) is 7. The molecule has 1 amide bonds. The van der Waals surface area contributed by atoms with Crippen LogP contribution in [0.5, 0.6) is 17.2 Å². The molecule has 0 atom stereocenters. The summed E-state index contributed by atoms with van der Waals surface area (Å²) in [6.07, 6.45) is 1.47. The molecule has 0 aliphatic carbocycles. The van der Waals surface area contributed by atoms with Gasteiger partial charge in [-0.15, -0.1) is 0 Å². The van der Waals surface area contributed by atoms with E-state index in [9.17, 15) is 14.9 Å². The fourth-order valence-corrected chi connectivity index (χ4v) is 3.46. The first-order chi connectivity index (χ1) is 15.9. The lowest BCUT2D eigenvalue weighted by atomic mass is 10.2. The van der Waals surface area contributed by atoms with Gasteiger partial charge in [-0.25, -0.2) is 5.43 Å². The lowest BCUT2D eigenvalue weighted by Gasteiger charge is -2.13. The lowest BCUT2D eigenvalue weighted by Crippen LogP contribution is -2.18. The Hall–Kier alpha value is -3.92. The Morgan fingerprint density at radius 1 is 1.09 bits per heavy atom. The Kier molecular flexibility index (Phi) is 7.98. The van der Waals surface area contributed by atoms with E-state index < -0.39 is 10.8 Å². The number of halogens is 1. The zero-order chi connectivity index (χ0) is 23.8. The molecule has 170 valence electrons. The first-order valence-electron chi connectivity index (χ1n) is 9.63. The van der Waals surface area contributed by atoms with Gasteiger partial charge in [-0.05, 0) is 63.5 Å². The number of non-ortho nitro benzene ring substituents is 1. The van der Waals surface area contributed by atoms with E-state index >= 15 is 0 Å². The minimum atomic E-state index is -0.455.